The molecule has 0 saturated carbocycles. The molecule has 1 rings (SSSR count). The SMILES string of the molecule is C#CC(C)NS(=O)(=O)CC(=O)c1ccccc1. The molecule has 1 atom stereocenters. The number of Topliss-reactive ketones (excluding diaryl/α,β-unsaturated/α-hetero) is 1. The zero-order chi connectivity index (χ0) is 12.9. The summed E-state index contributed by atoms with van der Waals surface area (Å²) in [5.74, 6) is 1.18. The first kappa shape index (κ1) is 13.4. The van der Waals surface area contributed by atoms with Gasteiger partial charge in [-0.25, -0.2) is 13.1 Å². The lowest BCUT2D eigenvalue weighted by molar-refractivity contribution is 0.102. The van der Waals surface area contributed by atoms with Gasteiger partial charge in [0.05, 0.1) is 6.04 Å². The highest BCUT2D eigenvalue weighted by Crippen LogP contribution is 2.02. The number of hydrogen-bond donors (Lipinski definition) is 1. The molecule has 0 saturated heterocycles. The Labute approximate surface area is 101 Å². The number of carbonyl (C=O) groups excluding carboxylic acids is 1. The summed E-state index contributed by atoms with van der Waals surface area (Å²) in [4.78, 5) is 11.7. The third kappa shape index (κ3) is 4.39. The van der Waals surface area contributed by atoms with Gasteiger partial charge in [0.15, 0.2) is 5.78 Å². The van der Waals surface area contributed by atoms with Crippen molar-refractivity contribution in [3.8, 4) is 12.3 Å². The largest absolute Gasteiger partial charge is 0.293 e. The zero-order valence-electron chi connectivity index (χ0n) is 9.38. The van der Waals surface area contributed by atoms with Crippen molar-refractivity contribution in [2.45, 2.75) is 13.0 Å². The van der Waals surface area contributed by atoms with Crippen molar-refractivity contribution in [2.24, 2.45) is 0 Å². The highest BCUT2D eigenvalue weighted by atomic mass is 32.2. The summed E-state index contributed by atoms with van der Waals surface area (Å²) in [5.41, 5.74) is 0.367. The summed E-state index contributed by atoms with van der Waals surface area (Å²) in [6.07, 6.45) is 5.06. The van der Waals surface area contributed by atoms with Crippen LogP contribution in [0, 0.1) is 12.3 Å². The second-order valence-electron chi connectivity index (χ2n) is 3.55. The summed E-state index contributed by atoms with van der Waals surface area (Å²) in [5, 5.41) is 0. The Bertz CT molecular complexity index is 529. The first-order chi connectivity index (χ1) is 7.94. The van der Waals surface area contributed by atoms with E-state index in [4.69, 9.17) is 6.42 Å². The van der Waals surface area contributed by atoms with E-state index >= 15 is 0 Å². The highest BCUT2D eigenvalue weighted by Gasteiger charge is 2.18. The van der Waals surface area contributed by atoms with Gasteiger partial charge in [0.1, 0.15) is 5.75 Å². The van der Waals surface area contributed by atoms with Crippen molar-refractivity contribution in [3.05, 3.63) is 35.9 Å². The van der Waals surface area contributed by atoms with Crippen LogP contribution >= 0.6 is 0 Å². The van der Waals surface area contributed by atoms with Crippen molar-refractivity contribution in [1.82, 2.24) is 4.72 Å². The summed E-state index contributed by atoms with van der Waals surface area (Å²) in [7, 11) is -3.68. The highest BCUT2D eigenvalue weighted by molar-refractivity contribution is 7.90. The molecule has 1 unspecified atom stereocenters. The van der Waals surface area contributed by atoms with E-state index in [0.29, 0.717) is 5.56 Å². The summed E-state index contributed by atoms with van der Waals surface area (Å²) >= 11 is 0. The number of sulfonamides is 1. The molecule has 1 aromatic rings. The average molecular weight is 251 g/mol. The molecule has 5 heteroatoms. The van der Waals surface area contributed by atoms with Crippen molar-refractivity contribution < 1.29 is 13.2 Å². The van der Waals surface area contributed by atoms with E-state index in [1.807, 2.05) is 0 Å². The molecular weight excluding hydrogens is 238 g/mol. The normalized spacial score (nSPS) is 12.7. The van der Waals surface area contributed by atoms with E-state index in [0.717, 1.165) is 0 Å². The fourth-order valence-electron chi connectivity index (χ4n) is 1.22. The molecule has 90 valence electrons. The summed E-state index contributed by atoms with van der Waals surface area (Å²) < 4.78 is 25.3. The smallest absolute Gasteiger partial charge is 0.220 e. The van der Waals surface area contributed by atoms with Crippen LogP contribution in [0.25, 0.3) is 0 Å². The molecule has 0 aromatic heterocycles. The number of hydrogen-bond acceptors (Lipinski definition) is 3. The van der Waals surface area contributed by atoms with E-state index in [2.05, 4.69) is 10.6 Å². The molecule has 0 aliphatic heterocycles. The van der Waals surface area contributed by atoms with Gasteiger partial charge in [0.25, 0.3) is 0 Å². The van der Waals surface area contributed by atoms with Crippen molar-refractivity contribution in [2.75, 3.05) is 5.75 Å². The molecule has 1 aromatic carbocycles. The van der Waals surface area contributed by atoms with Crippen LogP contribution in [0.1, 0.15) is 17.3 Å². The standard InChI is InChI=1S/C12H13NO3S/c1-3-10(2)13-17(15,16)9-12(14)11-7-5-4-6-8-11/h1,4-8,10,13H,9H2,2H3. The zero-order valence-corrected chi connectivity index (χ0v) is 10.2. The van der Waals surface area contributed by atoms with E-state index in [1.165, 1.54) is 6.92 Å². The minimum absolute atomic E-state index is 0.367. The van der Waals surface area contributed by atoms with Crippen LogP contribution in [0.3, 0.4) is 0 Å². The quantitative estimate of drug-likeness (QED) is 0.622. The lowest BCUT2D eigenvalue weighted by Crippen LogP contribution is -2.35. The molecule has 0 fully saturated rings. The Kier molecular flexibility index (Phi) is 4.44. The lowest BCUT2D eigenvalue weighted by atomic mass is 10.2. The fraction of sp³-hybridized carbons (Fsp3) is 0.250. The van der Waals surface area contributed by atoms with Gasteiger partial charge in [-0.05, 0) is 6.92 Å². The number of ketones is 1. The number of terminal acetylenes is 1. The van der Waals surface area contributed by atoms with Gasteiger partial charge in [-0.1, -0.05) is 36.3 Å². The van der Waals surface area contributed by atoms with Gasteiger partial charge in [0.2, 0.25) is 10.0 Å². The molecule has 0 spiro atoms. The Balaban J connectivity index is 2.73. The molecule has 0 aliphatic carbocycles. The van der Waals surface area contributed by atoms with Crippen LogP contribution in [-0.4, -0.2) is 26.0 Å². The molecule has 0 aliphatic rings. The maximum atomic E-state index is 11.7. The molecule has 0 bridgehead atoms. The average Bonchev–Trinajstić information content (AvgIpc) is 2.28. The Morgan fingerprint density at radius 2 is 2.00 bits per heavy atom. The van der Waals surface area contributed by atoms with Crippen LogP contribution in [0.4, 0.5) is 0 Å². The summed E-state index contributed by atoms with van der Waals surface area (Å²) in [6, 6.07) is 7.63. The molecule has 0 amide bonds. The van der Waals surface area contributed by atoms with E-state index in [1.54, 1.807) is 30.3 Å². The monoisotopic (exact) mass is 251 g/mol. The predicted octanol–water partition coefficient (Wildman–Crippen LogP) is 0.810. The number of rotatable bonds is 5. The molecule has 0 radical (unpaired) electrons. The Morgan fingerprint density at radius 1 is 1.41 bits per heavy atom. The molecule has 17 heavy (non-hydrogen) atoms. The van der Waals surface area contributed by atoms with Crippen molar-refractivity contribution in [3.63, 3.8) is 0 Å². The van der Waals surface area contributed by atoms with Gasteiger partial charge < -0.3 is 0 Å². The lowest BCUT2D eigenvalue weighted by Gasteiger charge is -2.08. The Hall–Kier alpha value is -1.64. The first-order valence-corrected chi connectivity index (χ1v) is 6.64. The van der Waals surface area contributed by atoms with E-state index in [-0.39, 0.29) is 0 Å². The second kappa shape index (κ2) is 5.62. The minimum atomic E-state index is -3.68. The van der Waals surface area contributed by atoms with Crippen molar-refractivity contribution >= 4 is 15.8 Å². The molecular formula is C12H13NO3S. The van der Waals surface area contributed by atoms with Gasteiger partial charge in [-0.15, -0.1) is 6.42 Å². The topological polar surface area (TPSA) is 63.2 Å². The second-order valence-corrected chi connectivity index (χ2v) is 5.31. The maximum Gasteiger partial charge on any atom is 0.220 e. The maximum absolute atomic E-state index is 11.7. The Morgan fingerprint density at radius 3 is 2.53 bits per heavy atom. The minimum Gasteiger partial charge on any atom is -0.293 e. The van der Waals surface area contributed by atoms with Crippen LogP contribution in [0.5, 0.6) is 0 Å². The third-order valence-electron chi connectivity index (χ3n) is 2.02. The van der Waals surface area contributed by atoms with Gasteiger partial charge in [0, 0.05) is 5.56 Å². The molecule has 4 nitrogen and oxygen atoms in total. The number of carbonyl (C=O) groups is 1. The van der Waals surface area contributed by atoms with Crippen LogP contribution < -0.4 is 4.72 Å². The molecule has 0 heterocycles. The van der Waals surface area contributed by atoms with Gasteiger partial charge in [-0.2, -0.15) is 0 Å². The number of benzene rings is 1. The third-order valence-corrected chi connectivity index (χ3v) is 3.38. The van der Waals surface area contributed by atoms with E-state index in [9.17, 15) is 13.2 Å². The predicted molar refractivity (Wildman–Crippen MR) is 66.0 cm³/mol. The van der Waals surface area contributed by atoms with Crippen molar-refractivity contribution in [1.29, 1.82) is 0 Å². The molecule has 1 N–H and O–H groups in total. The van der Waals surface area contributed by atoms with Gasteiger partial charge >= 0.3 is 0 Å². The first-order valence-electron chi connectivity index (χ1n) is 4.99. The van der Waals surface area contributed by atoms with Crippen LogP contribution in [-0.2, 0) is 10.0 Å². The van der Waals surface area contributed by atoms with Crippen LogP contribution in [0.2, 0.25) is 0 Å². The van der Waals surface area contributed by atoms with Gasteiger partial charge in [-0.3, -0.25) is 4.79 Å². The van der Waals surface area contributed by atoms with Crippen LogP contribution in [0.15, 0.2) is 30.3 Å². The fourth-order valence-corrected chi connectivity index (χ4v) is 2.43. The summed E-state index contributed by atoms with van der Waals surface area (Å²) in [6.45, 7) is 1.53. The number of nitrogens with one attached hydrogen (secondary N) is 1. The van der Waals surface area contributed by atoms with E-state index < -0.39 is 27.6 Å².